The minimum absolute atomic E-state index is 0. The van der Waals surface area contributed by atoms with Crippen molar-refractivity contribution in [2.24, 2.45) is 10.9 Å². The van der Waals surface area contributed by atoms with E-state index in [9.17, 15) is 0 Å². The van der Waals surface area contributed by atoms with E-state index in [0.29, 0.717) is 5.92 Å². The molecule has 0 unspecified atom stereocenters. The molecule has 28 heavy (non-hydrogen) atoms. The highest BCUT2D eigenvalue weighted by molar-refractivity contribution is 14.0. The largest absolute Gasteiger partial charge is 0.382 e. The van der Waals surface area contributed by atoms with Crippen LogP contribution in [0.1, 0.15) is 38.2 Å². The van der Waals surface area contributed by atoms with Crippen LogP contribution >= 0.6 is 35.6 Å². The molecule has 0 spiro atoms. The summed E-state index contributed by atoms with van der Waals surface area (Å²) >= 11 is 6.29. The van der Waals surface area contributed by atoms with Gasteiger partial charge in [-0.3, -0.25) is 9.89 Å². The molecular formula is C21H36ClIN4O. The molecule has 1 fully saturated rings. The average molecular weight is 523 g/mol. The van der Waals surface area contributed by atoms with Gasteiger partial charge in [-0.15, -0.1) is 24.0 Å². The van der Waals surface area contributed by atoms with Crippen LogP contribution < -0.4 is 10.6 Å². The van der Waals surface area contributed by atoms with Gasteiger partial charge in [0.1, 0.15) is 0 Å². The molecule has 2 N–H and O–H groups in total. The van der Waals surface area contributed by atoms with E-state index in [1.54, 1.807) is 0 Å². The minimum atomic E-state index is 0. The van der Waals surface area contributed by atoms with Crippen molar-refractivity contribution in [3.8, 4) is 0 Å². The quantitative estimate of drug-likeness (QED) is 0.210. The maximum Gasteiger partial charge on any atom is 0.190 e. The highest BCUT2D eigenvalue weighted by atomic mass is 127. The van der Waals surface area contributed by atoms with Crippen LogP contribution in [0, 0.1) is 5.92 Å². The third-order valence-corrected chi connectivity index (χ3v) is 5.42. The third-order valence-electron chi connectivity index (χ3n) is 5.05. The Morgan fingerprint density at radius 3 is 2.64 bits per heavy atom. The molecule has 1 heterocycles. The van der Waals surface area contributed by atoms with E-state index in [1.165, 1.54) is 18.4 Å². The molecule has 0 radical (unpaired) electrons. The van der Waals surface area contributed by atoms with E-state index < -0.39 is 0 Å². The van der Waals surface area contributed by atoms with Gasteiger partial charge in [0.25, 0.3) is 0 Å². The first-order chi connectivity index (χ1) is 13.2. The molecule has 2 rings (SSSR count). The van der Waals surface area contributed by atoms with Crippen molar-refractivity contribution in [2.45, 2.75) is 39.2 Å². The number of hydrogen-bond acceptors (Lipinski definition) is 3. The van der Waals surface area contributed by atoms with Crippen LogP contribution in [-0.4, -0.2) is 57.3 Å². The summed E-state index contributed by atoms with van der Waals surface area (Å²) in [6.45, 7) is 8.80. The molecule has 0 bridgehead atoms. The van der Waals surface area contributed by atoms with E-state index in [-0.39, 0.29) is 24.0 Å². The molecule has 0 aromatic heterocycles. The summed E-state index contributed by atoms with van der Waals surface area (Å²) in [4.78, 5) is 6.83. The standard InChI is InChI=1S/C21H35ClN4O.HI/c1-3-27-15-7-6-12-24-21(23-2)25-16-18-10-13-26(14-11-18)17-19-8-4-5-9-20(19)22;/h4-5,8-9,18H,3,6-7,10-17H2,1-2H3,(H2,23,24,25);1H. The molecule has 0 atom stereocenters. The van der Waals surface area contributed by atoms with Gasteiger partial charge < -0.3 is 15.4 Å². The smallest absolute Gasteiger partial charge is 0.190 e. The second-order valence-corrected chi connectivity index (χ2v) is 7.50. The van der Waals surface area contributed by atoms with Crippen LogP contribution in [0.3, 0.4) is 0 Å². The van der Waals surface area contributed by atoms with Gasteiger partial charge in [-0.2, -0.15) is 0 Å². The summed E-state index contributed by atoms with van der Waals surface area (Å²) in [6, 6.07) is 8.15. The molecule has 0 saturated carbocycles. The van der Waals surface area contributed by atoms with Crippen LogP contribution in [0.15, 0.2) is 29.3 Å². The summed E-state index contributed by atoms with van der Waals surface area (Å²) in [5.41, 5.74) is 1.23. The van der Waals surface area contributed by atoms with Gasteiger partial charge in [-0.05, 0) is 63.2 Å². The molecule has 7 heteroatoms. The van der Waals surface area contributed by atoms with Gasteiger partial charge in [0, 0.05) is 44.9 Å². The lowest BCUT2D eigenvalue weighted by Crippen LogP contribution is -2.43. The Kier molecular flexibility index (Phi) is 13.9. The highest BCUT2D eigenvalue weighted by Gasteiger charge is 2.20. The first-order valence-electron chi connectivity index (χ1n) is 10.2. The second kappa shape index (κ2) is 15.3. The van der Waals surface area contributed by atoms with Crippen LogP contribution in [0.4, 0.5) is 0 Å². The zero-order chi connectivity index (χ0) is 19.3. The predicted octanol–water partition coefficient (Wildman–Crippen LogP) is 4.15. The van der Waals surface area contributed by atoms with Crippen molar-refractivity contribution in [3.05, 3.63) is 34.9 Å². The Morgan fingerprint density at radius 2 is 1.96 bits per heavy atom. The van der Waals surface area contributed by atoms with Crippen LogP contribution in [0.2, 0.25) is 5.02 Å². The molecule has 1 aliphatic heterocycles. The molecule has 5 nitrogen and oxygen atoms in total. The monoisotopic (exact) mass is 522 g/mol. The van der Waals surface area contributed by atoms with E-state index in [0.717, 1.165) is 69.8 Å². The lowest BCUT2D eigenvalue weighted by atomic mass is 9.96. The van der Waals surface area contributed by atoms with E-state index >= 15 is 0 Å². The number of nitrogens with one attached hydrogen (secondary N) is 2. The Bertz CT molecular complexity index is 565. The number of benzene rings is 1. The SMILES string of the molecule is CCOCCCCNC(=NC)NCC1CCN(Cc2ccccc2Cl)CC1.I. The molecule has 1 saturated heterocycles. The Morgan fingerprint density at radius 1 is 1.21 bits per heavy atom. The van der Waals surface area contributed by atoms with Gasteiger partial charge in [-0.25, -0.2) is 0 Å². The number of piperidine rings is 1. The summed E-state index contributed by atoms with van der Waals surface area (Å²) in [7, 11) is 1.84. The molecular weight excluding hydrogens is 487 g/mol. The van der Waals surface area contributed by atoms with Crippen molar-refractivity contribution in [1.29, 1.82) is 0 Å². The Hall–Kier alpha value is -0.570. The van der Waals surface area contributed by atoms with Gasteiger partial charge in [0.15, 0.2) is 5.96 Å². The molecule has 1 aromatic rings. The zero-order valence-corrected chi connectivity index (χ0v) is 20.3. The van der Waals surface area contributed by atoms with Crippen molar-refractivity contribution < 1.29 is 4.74 Å². The normalized spacial score (nSPS) is 15.9. The second-order valence-electron chi connectivity index (χ2n) is 7.09. The van der Waals surface area contributed by atoms with Gasteiger partial charge >= 0.3 is 0 Å². The number of likely N-dealkylation sites (tertiary alicyclic amines) is 1. The summed E-state index contributed by atoms with van der Waals surface area (Å²) in [6.07, 6.45) is 4.61. The lowest BCUT2D eigenvalue weighted by molar-refractivity contribution is 0.143. The summed E-state index contributed by atoms with van der Waals surface area (Å²) in [5.74, 6) is 1.61. The topological polar surface area (TPSA) is 48.9 Å². The number of hydrogen-bond donors (Lipinski definition) is 2. The lowest BCUT2D eigenvalue weighted by Gasteiger charge is -2.32. The van der Waals surface area contributed by atoms with Crippen molar-refractivity contribution in [2.75, 3.05) is 46.4 Å². The van der Waals surface area contributed by atoms with E-state index in [2.05, 4.69) is 32.7 Å². The number of halogens is 2. The van der Waals surface area contributed by atoms with Crippen LogP contribution in [0.5, 0.6) is 0 Å². The van der Waals surface area contributed by atoms with Gasteiger partial charge in [-0.1, -0.05) is 29.8 Å². The number of rotatable bonds is 10. The predicted molar refractivity (Wildman–Crippen MR) is 130 cm³/mol. The fourth-order valence-corrected chi connectivity index (χ4v) is 3.55. The maximum absolute atomic E-state index is 6.29. The highest BCUT2D eigenvalue weighted by Crippen LogP contribution is 2.21. The third kappa shape index (κ3) is 9.76. The van der Waals surface area contributed by atoms with Crippen molar-refractivity contribution in [1.82, 2.24) is 15.5 Å². The fraction of sp³-hybridized carbons (Fsp3) is 0.667. The number of unbranched alkanes of at least 4 members (excludes halogenated alkanes) is 1. The first kappa shape index (κ1) is 25.5. The van der Waals surface area contributed by atoms with Gasteiger partial charge in [0.05, 0.1) is 0 Å². The van der Waals surface area contributed by atoms with E-state index in [4.69, 9.17) is 16.3 Å². The maximum atomic E-state index is 6.29. The number of aliphatic imine (C=N–C) groups is 1. The number of guanidine groups is 1. The fourth-order valence-electron chi connectivity index (χ4n) is 3.36. The van der Waals surface area contributed by atoms with E-state index in [1.807, 2.05) is 26.1 Å². The molecule has 0 aliphatic carbocycles. The molecule has 0 amide bonds. The first-order valence-corrected chi connectivity index (χ1v) is 10.6. The average Bonchev–Trinajstić information content (AvgIpc) is 2.70. The summed E-state index contributed by atoms with van der Waals surface area (Å²) < 4.78 is 5.36. The Labute approximate surface area is 192 Å². The number of nitrogens with zero attached hydrogens (tertiary/aromatic N) is 2. The van der Waals surface area contributed by atoms with Crippen LogP contribution in [0.25, 0.3) is 0 Å². The van der Waals surface area contributed by atoms with Gasteiger partial charge in [0.2, 0.25) is 0 Å². The Balaban J connectivity index is 0.00000392. The molecule has 1 aromatic carbocycles. The number of ether oxygens (including phenoxy) is 1. The van der Waals surface area contributed by atoms with Crippen molar-refractivity contribution >= 4 is 41.5 Å². The minimum Gasteiger partial charge on any atom is -0.382 e. The molecule has 1 aliphatic rings. The molecule has 160 valence electrons. The zero-order valence-electron chi connectivity index (χ0n) is 17.3. The van der Waals surface area contributed by atoms with Crippen molar-refractivity contribution in [3.63, 3.8) is 0 Å². The summed E-state index contributed by atoms with van der Waals surface area (Å²) in [5, 5.41) is 7.75. The van der Waals surface area contributed by atoms with Crippen LogP contribution in [-0.2, 0) is 11.3 Å².